The van der Waals surface area contributed by atoms with Crippen LogP contribution in [-0.2, 0) is 0 Å². The lowest BCUT2D eigenvalue weighted by atomic mass is 10.1. The van der Waals surface area contributed by atoms with Crippen molar-refractivity contribution in [1.29, 1.82) is 0 Å². The number of rotatable bonds is 2. The van der Waals surface area contributed by atoms with Crippen LogP contribution in [0.3, 0.4) is 0 Å². The third kappa shape index (κ3) is 1.81. The van der Waals surface area contributed by atoms with Gasteiger partial charge in [-0.2, -0.15) is 0 Å². The van der Waals surface area contributed by atoms with Crippen molar-refractivity contribution in [3.8, 4) is 0 Å². The minimum Gasteiger partial charge on any atom is -0.338 e. The lowest BCUT2D eigenvalue weighted by Crippen LogP contribution is -2.42. The minimum atomic E-state index is 0.105. The largest absolute Gasteiger partial charge is 0.338 e. The Balaban J connectivity index is 1.95. The first kappa shape index (κ1) is 10.7. The monoisotopic (exact) mass is 231 g/mol. The van der Waals surface area contributed by atoms with Gasteiger partial charge in [0.2, 0.25) is 0 Å². The first-order chi connectivity index (χ1) is 8.16. The van der Waals surface area contributed by atoms with Crippen molar-refractivity contribution in [2.75, 3.05) is 13.1 Å². The molecular weight excluding hydrogens is 214 g/mol. The molecule has 0 spiro atoms. The first-order valence-corrected chi connectivity index (χ1v) is 6.31. The van der Waals surface area contributed by atoms with Crippen molar-refractivity contribution in [3.05, 3.63) is 22.8 Å². The fraction of sp³-hybridized carbons (Fsp3) is 0.615. The minimum absolute atomic E-state index is 0.105. The Kier molecular flexibility index (Phi) is 2.38. The van der Waals surface area contributed by atoms with Crippen molar-refractivity contribution in [1.82, 2.24) is 14.9 Å². The van der Waals surface area contributed by atoms with E-state index in [0.717, 1.165) is 36.7 Å². The molecule has 1 aliphatic carbocycles. The summed E-state index contributed by atoms with van der Waals surface area (Å²) in [6, 6.07) is 0. The van der Waals surface area contributed by atoms with Crippen LogP contribution < -0.4 is 0 Å². The molecule has 1 amide bonds. The van der Waals surface area contributed by atoms with Gasteiger partial charge in [0.05, 0.1) is 17.0 Å². The highest BCUT2D eigenvalue weighted by Crippen LogP contribution is 2.38. The fourth-order valence-electron chi connectivity index (χ4n) is 2.25. The van der Waals surface area contributed by atoms with E-state index in [1.807, 2.05) is 18.7 Å². The quantitative estimate of drug-likeness (QED) is 0.780. The number of likely N-dealkylation sites (tertiary alicyclic amines) is 1. The Bertz CT molecular complexity index is 453. The van der Waals surface area contributed by atoms with Crippen LogP contribution in [0.1, 0.15) is 52.8 Å². The number of aryl methyl sites for hydroxylation is 2. The molecule has 1 saturated carbocycles. The summed E-state index contributed by atoms with van der Waals surface area (Å²) in [5, 5.41) is 0. The molecule has 4 heteroatoms. The smallest absolute Gasteiger partial charge is 0.257 e. The van der Waals surface area contributed by atoms with Gasteiger partial charge in [-0.05, 0) is 33.1 Å². The summed E-state index contributed by atoms with van der Waals surface area (Å²) in [7, 11) is 0. The van der Waals surface area contributed by atoms with Crippen LogP contribution in [0.2, 0.25) is 0 Å². The standard InChI is InChI=1S/C13H17N3O/c1-8-11(13(17)16-6-3-7-16)9(2)15-12(14-8)10-4-5-10/h10H,3-7H2,1-2H3. The number of carbonyl (C=O) groups excluding carboxylic acids is 1. The molecule has 2 fully saturated rings. The van der Waals surface area contributed by atoms with Crippen molar-refractivity contribution >= 4 is 5.91 Å². The van der Waals surface area contributed by atoms with Gasteiger partial charge in [-0.3, -0.25) is 4.79 Å². The van der Waals surface area contributed by atoms with E-state index in [1.54, 1.807) is 0 Å². The van der Waals surface area contributed by atoms with Gasteiger partial charge < -0.3 is 4.90 Å². The zero-order valence-electron chi connectivity index (χ0n) is 10.4. The molecule has 1 saturated heterocycles. The van der Waals surface area contributed by atoms with Gasteiger partial charge in [0, 0.05) is 19.0 Å². The van der Waals surface area contributed by atoms with E-state index in [0.29, 0.717) is 11.5 Å². The van der Waals surface area contributed by atoms with E-state index >= 15 is 0 Å². The lowest BCUT2D eigenvalue weighted by Gasteiger charge is -2.31. The second-order valence-electron chi connectivity index (χ2n) is 5.05. The molecular formula is C13H17N3O. The first-order valence-electron chi connectivity index (χ1n) is 6.31. The number of hydrogen-bond acceptors (Lipinski definition) is 3. The van der Waals surface area contributed by atoms with Crippen molar-refractivity contribution in [2.24, 2.45) is 0 Å². The Morgan fingerprint density at radius 2 is 1.76 bits per heavy atom. The van der Waals surface area contributed by atoms with Crippen molar-refractivity contribution < 1.29 is 4.79 Å². The summed E-state index contributed by atoms with van der Waals surface area (Å²) < 4.78 is 0. The van der Waals surface area contributed by atoms with E-state index in [2.05, 4.69) is 9.97 Å². The molecule has 0 radical (unpaired) electrons. The summed E-state index contributed by atoms with van der Waals surface area (Å²) in [6.45, 7) is 5.60. The molecule has 90 valence electrons. The highest BCUT2D eigenvalue weighted by Gasteiger charge is 2.30. The maximum atomic E-state index is 12.2. The summed E-state index contributed by atoms with van der Waals surface area (Å²) in [6.07, 6.45) is 3.50. The second-order valence-corrected chi connectivity index (χ2v) is 5.05. The van der Waals surface area contributed by atoms with Gasteiger partial charge in [0.15, 0.2) is 0 Å². The van der Waals surface area contributed by atoms with Gasteiger partial charge >= 0.3 is 0 Å². The number of carbonyl (C=O) groups is 1. The van der Waals surface area contributed by atoms with Gasteiger partial charge in [0.1, 0.15) is 5.82 Å². The third-order valence-electron chi connectivity index (χ3n) is 3.59. The van der Waals surface area contributed by atoms with Crippen LogP contribution in [0.4, 0.5) is 0 Å². The number of amides is 1. The molecule has 0 unspecified atom stereocenters. The Hall–Kier alpha value is -1.45. The van der Waals surface area contributed by atoms with Crippen LogP contribution in [0.15, 0.2) is 0 Å². The maximum Gasteiger partial charge on any atom is 0.257 e. The fourth-order valence-corrected chi connectivity index (χ4v) is 2.25. The molecule has 3 rings (SSSR count). The predicted octanol–water partition coefficient (Wildman–Crippen LogP) is 1.82. The normalized spacial score (nSPS) is 19.1. The van der Waals surface area contributed by atoms with Gasteiger partial charge in [-0.1, -0.05) is 0 Å². The van der Waals surface area contributed by atoms with Crippen molar-refractivity contribution in [2.45, 2.75) is 39.0 Å². The average Bonchev–Trinajstić information content (AvgIpc) is 2.95. The van der Waals surface area contributed by atoms with Gasteiger partial charge in [-0.25, -0.2) is 9.97 Å². The Morgan fingerprint density at radius 3 is 2.18 bits per heavy atom. The highest BCUT2D eigenvalue weighted by atomic mass is 16.2. The summed E-state index contributed by atoms with van der Waals surface area (Å²) in [5.74, 6) is 1.58. The highest BCUT2D eigenvalue weighted by molar-refractivity contribution is 5.96. The summed E-state index contributed by atoms with van der Waals surface area (Å²) in [5.41, 5.74) is 2.40. The van der Waals surface area contributed by atoms with Gasteiger partial charge in [-0.15, -0.1) is 0 Å². The SMILES string of the molecule is Cc1nc(C2CC2)nc(C)c1C(=O)N1CCC1. The third-order valence-corrected chi connectivity index (χ3v) is 3.59. The van der Waals surface area contributed by atoms with Crippen LogP contribution >= 0.6 is 0 Å². The summed E-state index contributed by atoms with van der Waals surface area (Å²) in [4.78, 5) is 23.1. The van der Waals surface area contributed by atoms with Crippen LogP contribution in [0.5, 0.6) is 0 Å². The van der Waals surface area contributed by atoms with Crippen LogP contribution in [0.25, 0.3) is 0 Å². The molecule has 0 atom stereocenters. The topological polar surface area (TPSA) is 46.1 Å². The predicted molar refractivity (Wildman–Crippen MR) is 64.0 cm³/mol. The van der Waals surface area contributed by atoms with Gasteiger partial charge in [0.25, 0.3) is 5.91 Å². The molecule has 0 N–H and O–H groups in total. The van der Waals surface area contributed by atoms with E-state index < -0.39 is 0 Å². The maximum absolute atomic E-state index is 12.2. The van der Waals surface area contributed by atoms with E-state index in [9.17, 15) is 4.79 Å². The zero-order valence-corrected chi connectivity index (χ0v) is 10.4. The molecule has 2 aliphatic rings. The zero-order chi connectivity index (χ0) is 12.0. The van der Waals surface area contributed by atoms with Crippen LogP contribution in [-0.4, -0.2) is 33.9 Å². The summed E-state index contributed by atoms with van der Waals surface area (Å²) >= 11 is 0. The Morgan fingerprint density at radius 1 is 1.18 bits per heavy atom. The Labute approximate surface area is 101 Å². The molecule has 1 aromatic heterocycles. The molecule has 1 aromatic rings. The average molecular weight is 231 g/mol. The lowest BCUT2D eigenvalue weighted by molar-refractivity contribution is 0.0649. The molecule has 17 heavy (non-hydrogen) atoms. The molecule has 0 aromatic carbocycles. The molecule has 4 nitrogen and oxygen atoms in total. The molecule has 0 bridgehead atoms. The second kappa shape index (κ2) is 3.79. The van der Waals surface area contributed by atoms with E-state index in [-0.39, 0.29) is 5.91 Å². The number of hydrogen-bond donors (Lipinski definition) is 0. The van der Waals surface area contributed by atoms with E-state index in [4.69, 9.17) is 0 Å². The van der Waals surface area contributed by atoms with Crippen molar-refractivity contribution in [3.63, 3.8) is 0 Å². The van der Waals surface area contributed by atoms with E-state index in [1.165, 1.54) is 12.8 Å². The molecule has 1 aliphatic heterocycles. The van der Waals surface area contributed by atoms with Crippen LogP contribution in [0, 0.1) is 13.8 Å². The number of nitrogens with zero attached hydrogens (tertiary/aromatic N) is 3. The molecule has 2 heterocycles. The number of aromatic nitrogens is 2.